The van der Waals surface area contributed by atoms with Gasteiger partial charge in [-0.25, -0.2) is 8.91 Å². The first-order chi connectivity index (χ1) is 10.4. The van der Waals surface area contributed by atoms with Crippen molar-refractivity contribution in [1.29, 1.82) is 0 Å². The zero-order valence-corrected chi connectivity index (χ0v) is 13.0. The molecule has 0 spiro atoms. The summed E-state index contributed by atoms with van der Waals surface area (Å²) in [4.78, 5) is 0. The van der Waals surface area contributed by atoms with Crippen molar-refractivity contribution < 1.29 is 9.50 Å². The number of alkyl halides is 1. The predicted molar refractivity (Wildman–Crippen MR) is 85.4 cm³/mol. The highest BCUT2D eigenvalue weighted by atomic mass is 19.1. The van der Waals surface area contributed by atoms with E-state index in [0.717, 1.165) is 27.9 Å². The maximum atomic E-state index is 12.7. The third-order valence-electron chi connectivity index (χ3n) is 3.91. The summed E-state index contributed by atoms with van der Waals surface area (Å²) in [6, 6.07) is 11.2. The van der Waals surface area contributed by atoms with Gasteiger partial charge < -0.3 is 5.11 Å². The van der Waals surface area contributed by atoms with Gasteiger partial charge in [0, 0.05) is 11.8 Å². The normalized spacial score (nSPS) is 12.0. The molecule has 1 N–H and O–H groups in total. The van der Waals surface area contributed by atoms with Gasteiger partial charge >= 0.3 is 0 Å². The SMILES string of the molecule is Cc1nn2ccc(C(C)(C)O)cc2c1-c1ccc(CF)cc1. The molecular weight excluding hydrogens is 279 g/mol. The zero-order valence-electron chi connectivity index (χ0n) is 13.0. The Morgan fingerprint density at radius 3 is 2.45 bits per heavy atom. The molecule has 0 fully saturated rings. The van der Waals surface area contributed by atoms with E-state index in [-0.39, 0.29) is 0 Å². The first-order valence-corrected chi connectivity index (χ1v) is 7.27. The molecule has 0 saturated carbocycles. The van der Waals surface area contributed by atoms with Gasteiger partial charge in [-0.2, -0.15) is 5.10 Å². The van der Waals surface area contributed by atoms with Crippen LogP contribution in [-0.4, -0.2) is 14.7 Å². The van der Waals surface area contributed by atoms with Crippen molar-refractivity contribution in [2.75, 3.05) is 0 Å². The predicted octanol–water partition coefficient (Wildman–Crippen LogP) is 4.01. The van der Waals surface area contributed by atoms with Crippen LogP contribution in [0.2, 0.25) is 0 Å². The van der Waals surface area contributed by atoms with Crippen LogP contribution in [0.5, 0.6) is 0 Å². The summed E-state index contributed by atoms with van der Waals surface area (Å²) in [7, 11) is 0. The van der Waals surface area contributed by atoms with Crippen LogP contribution >= 0.6 is 0 Å². The Kier molecular flexibility index (Phi) is 3.49. The van der Waals surface area contributed by atoms with Gasteiger partial charge in [-0.15, -0.1) is 0 Å². The summed E-state index contributed by atoms with van der Waals surface area (Å²) in [6.07, 6.45) is 1.86. The molecule has 3 aromatic rings. The van der Waals surface area contributed by atoms with Gasteiger partial charge in [0.1, 0.15) is 6.67 Å². The highest BCUT2D eigenvalue weighted by molar-refractivity contribution is 5.82. The number of pyridine rings is 1. The Morgan fingerprint density at radius 2 is 1.86 bits per heavy atom. The van der Waals surface area contributed by atoms with Crippen LogP contribution in [0.25, 0.3) is 16.6 Å². The molecule has 0 aliphatic carbocycles. The second-order valence-electron chi connectivity index (χ2n) is 6.10. The molecule has 2 heterocycles. The highest BCUT2D eigenvalue weighted by Crippen LogP contribution is 2.31. The number of hydrogen-bond donors (Lipinski definition) is 1. The van der Waals surface area contributed by atoms with Crippen molar-refractivity contribution in [2.24, 2.45) is 0 Å². The van der Waals surface area contributed by atoms with Crippen molar-refractivity contribution >= 4 is 5.52 Å². The quantitative estimate of drug-likeness (QED) is 0.793. The number of nitrogens with zero attached hydrogens (tertiary/aromatic N) is 2. The molecule has 22 heavy (non-hydrogen) atoms. The minimum Gasteiger partial charge on any atom is -0.386 e. The third-order valence-corrected chi connectivity index (χ3v) is 3.91. The number of fused-ring (bicyclic) bond motifs is 1. The summed E-state index contributed by atoms with van der Waals surface area (Å²) in [5, 5.41) is 14.7. The zero-order chi connectivity index (χ0) is 15.9. The van der Waals surface area contributed by atoms with Crippen LogP contribution in [0.3, 0.4) is 0 Å². The van der Waals surface area contributed by atoms with E-state index in [9.17, 15) is 9.50 Å². The second kappa shape index (κ2) is 5.21. The van der Waals surface area contributed by atoms with Crippen molar-refractivity contribution in [1.82, 2.24) is 9.61 Å². The Morgan fingerprint density at radius 1 is 1.18 bits per heavy atom. The van der Waals surface area contributed by atoms with Crippen LogP contribution in [0, 0.1) is 6.92 Å². The summed E-state index contributed by atoms with van der Waals surface area (Å²) >= 11 is 0. The molecule has 0 amide bonds. The molecule has 0 radical (unpaired) electrons. The lowest BCUT2D eigenvalue weighted by Gasteiger charge is -2.17. The number of aromatic nitrogens is 2. The molecule has 4 heteroatoms. The summed E-state index contributed by atoms with van der Waals surface area (Å²) in [6.45, 7) is 5.02. The fraction of sp³-hybridized carbons (Fsp3) is 0.278. The number of rotatable bonds is 3. The Labute approximate surface area is 129 Å². The number of aliphatic hydroxyl groups is 1. The first-order valence-electron chi connectivity index (χ1n) is 7.27. The number of halogens is 1. The second-order valence-corrected chi connectivity index (χ2v) is 6.10. The van der Waals surface area contributed by atoms with Gasteiger partial charge in [0.2, 0.25) is 0 Å². The molecule has 0 saturated heterocycles. The van der Waals surface area contributed by atoms with Gasteiger partial charge in [0.25, 0.3) is 0 Å². The third kappa shape index (κ3) is 2.50. The van der Waals surface area contributed by atoms with E-state index in [4.69, 9.17) is 0 Å². The Bertz CT molecular complexity index is 813. The molecule has 3 nitrogen and oxygen atoms in total. The maximum Gasteiger partial charge on any atom is 0.115 e. The lowest BCUT2D eigenvalue weighted by Crippen LogP contribution is -2.15. The molecule has 114 valence electrons. The van der Waals surface area contributed by atoms with Crippen molar-refractivity contribution in [3.63, 3.8) is 0 Å². The highest BCUT2D eigenvalue weighted by Gasteiger charge is 2.19. The van der Waals surface area contributed by atoms with E-state index >= 15 is 0 Å². The Balaban J connectivity index is 2.20. The Hall–Kier alpha value is -2.20. The van der Waals surface area contributed by atoms with Gasteiger partial charge in [0.15, 0.2) is 0 Å². The minimum absolute atomic E-state index is 0.461. The van der Waals surface area contributed by atoms with Crippen molar-refractivity contribution in [2.45, 2.75) is 33.0 Å². The van der Waals surface area contributed by atoms with Crippen molar-refractivity contribution in [3.05, 3.63) is 59.4 Å². The fourth-order valence-electron chi connectivity index (χ4n) is 2.66. The van der Waals surface area contributed by atoms with Gasteiger partial charge in [-0.1, -0.05) is 24.3 Å². The number of hydrogen-bond acceptors (Lipinski definition) is 2. The van der Waals surface area contributed by atoms with E-state index in [0.29, 0.717) is 5.56 Å². The molecule has 0 unspecified atom stereocenters. The summed E-state index contributed by atoms with van der Waals surface area (Å²) < 4.78 is 14.5. The van der Waals surface area contributed by atoms with E-state index in [2.05, 4.69) is 5.10 Å². The van der Waals surface area contributed by atoms with E-state index in [1.165, 1.54) is 0 Å². The average molecular weight is 298 g/mol. The first kappa shape index (κ1) is 14.7. The van der Waals surface area contributed by atoms with Gasteiger partial charge in [-0.05, 0) is 49.6 Å². The minimum atomic E-state index is -0.907. The average Bonchev–Trinajstić information content (AvgIpc) is 2.81. The standard InChI is InChI=1S/C18H19FN2O/c1-12-17(14-6-4-13(11-19)5-7-14)16-10-15(18(2,3)22)8-9-21(16)20-12/h4-10,22H,11H2,1-3H3. The number of benzene rings is 1. The van der Waals surface area contributed by atoms with Gasteiger partial charge in [-0.3, -0.25) is 0 Å². The molecule has 2 aromatic heterocycles. The fourth-order valence-corrected chi connectivity index (χ4v) is 2.66. The molecule has 0 aliphatic rings. The molecule has 0 bridgehead atoms. The summed E-state index contributed by atoms with van der Waals surface area (Å²) in [5.74, 6) is 0. The van der Waals surface area contributed by atoms with E-state index in [1.54, 1.807) is 26.0 Å². The number of aryl methyl sites for hydroxylation is 1. The largest absolute Gasteiger partial charge is 0.386 e. The summed E-state index contributed by atoms with van der Waals surface area (Å²) in [5.41, 5.74) is 4.44. The van der Waals surface area contributed by atoms with Crippen LogP contribution in [0.15, 0.2) is 42.6 Å². The lowest BCUT2D eigenvalue weighted by atomic mass is 9.97. The molecule has 3 rings (SSSR count). The van der Waals surface area contributed by atoms with E-state index < -0.39 is 12.3 Å². The smallest absolute Gasteiger partial charge is 0.115 e. The van der Waals surface area contributed by atoms with Crippen LogP contribution in [-0.2, 0) is 12.3 Å². The molecule has 1 aromatic carbocycles. The molecular formula is C18H19FN2O. The van der Waals surface area contributed by atoms with Crippen LogP contribution in [0.1, 0.15) is 30.7 Å². The van der Waals surface area contributed by atoms with E-state index in [1.807, 2.05) is 41.9 Å². The lowest BCUT2D eigenvalue weighted by molar-refractivity contribution is 0.0786. The topological polar surface area (TPSA) is 37.5 Å². The monoisotopic (exact) mass is 298 g/mol. The molecule has 0 aliphatic heterocycles. The van der Waals surface area contributed by atoms with Crippen LogP contribution < -0.4 is 0 Å². The van der Waals surface area contributed by atoms with Gasteiger partial charge in [0.05, 0.1) is 16.8 Å². The maximum absolute atomic E-state index is 12.7. The van der Waals surface area contributed by atoms with Crippen molar-refractivity contribution in [3.8, 4) is 11.1 Å². The van der Waals surface area contributed by atoms with Crippen LogP contribution in [0.4, 0.5) is 4.39 Å². The molecule has 0 atom stereocenters.